The largest absolute Gasteiger partial charge is 0.318 e. The molecular formula is C8H6ClFN2O3. The van der Waals surface area contributed by atoms with Crippen LogP contribution in [0.15, 0.2) is 12.1 Å². The predicted molar refractivity (Wildman–Crippen MR) is 52.4 cm³/mol. The van der Waals surface area contributed by atoms with Crippen LogP contribution in [0.4, 0.5) is 15.8 Å². The number of rotatable bonds is 2. The summed E-state index contributed by atoms with van der Waals surface area (Å²) in [5, 5.41) is 12.2. The Bertz CT molecular complexity index is 436. The zero-order valence-electron chi connectivity index (χ0n) is 7.58. The van der Waals surface area contributed by atoms with E-state index in [4.69, 9.17) is 11.6 Å². The quantitative estimate of drug-likeness (QED) is 0.628. The van der Waals surface area contributed by atoms with Gasteiger partial charge in [0.05, 0.1) is 9.95 Å². The zero-order chi connectivity index (χ0) is 11.6. The summed E-state index contributed by atoms with van der Waals surface area (Å²) in [6, 6.07) is 2.08. The number of carbonyl (C=O) groups excluding carboxylic acids is 1. The van der Waals surface area contributed by atoms with E-state index in [1.54, 1.807) is 0 Å². The van der Waals surface area contributed by atoms with Gasteiger partial charge in [-0.2, -0.15) is 0 Å². The van der Waals surface area contributed by atoms with E-state index in [1.807, 2.05) is 5.32 Å². The lowest BCUT2D eigenvalue weighted by Gasteiger charge is -2.05. The SMILES string of the molecule is CC(=O)Nc1c([N+](=O)[O-])ccc(Cl)c1F. The maximum absolute atomic E-state index is 13.3. The number of carbonyl (C=O) groups is 1. The summed E-state index contributed by atoms with van der Waals surface area (Å²) in [7, 11) is 0. The number of nitro benzene ring substituents is 1. The molecule has 0 spiro atoms. The van der Waals surface area contributed by atoms with Gasteiger partial charge in [0.2, 0.25) is 5.91 Å². The fourth-order valence-electron chi connectivity index (χ4n) is 0.988. The molecule has 0 aliphatic carbocycles. The summed E-state index contributed by atoms with van der Waals surface area (Å²) >= 11 is 5.43. The number of nitro groups is 1. The lowest BCUT2D eigenvalue weighted by molar-refractivity contribution is -0.384. The third kappa shape index (κ3) is 2.41. The Balaban J connectivity index is 3.34. The molecule has 0 unspecified atom stereocenters. The molecule has 1 N–H and O–H groups in total. The maximum atomic E-state index is 13.3. The summed E-state index contributed by atoms with van der Waals surface area (Å²) in [5.41, 5.74) is -1.05. The molecule has 7 heteroatoms. The van der Waals surface area contributed by atoms with Crippen LogP contribution in [0, 0.1) is 15.9 Å². The van der Waals surface area contributed by atoms with Gasteiger partial charge in [-0.3, -0.25) is 14.9 Å². The van der Waals surface area contributed by atoms with Crippen LogP contribution in [0.3, 0.4) is 0 Å². The van der Waals surface area contributed by atoms with Crippen molar-refractivity contribution in [2.24, 2.45) is 0 Å². The highest BCUT2D eigenvalue weighted by Crippen LogP contribution is 2.31. The van der Waals surface area contributed by atoms with Crippen molar-refractivity contribution in [3.63, 3.8) is 0 Å². The molecule has 1 aromatic carbocycles. The maximum Gasteiger partial charge on any atom is 0.295 e. The van der Waals surface area contributed by atoms with Crippen LogP contribution in [0.1, 0.15) is 6.92 Å². The number of hydrogen-bond donors (Lipinski definition) is 1. The van der Waals surface area contributed by atoms with E-state index >= 15 is 0 Å². The summed E-state index contributed by atoms with van der Waals surface area (Å²) in [6.45, 7) is 1.12. The first-order valence-electron chi connectivity index (χ1n) is 3.83. The van der Waals surface area contributed by atoms with Gasteiger partial charge in [0.1, 0.15) is 0 Å². The van der Waals surface area contributed by atoms with Gasteiger partial charge in [-0.15, -0.1) is 0 Å². The van der Waals surface area contributed by atoms with Crippen LogP contribution in [-0.4, -0.2) is 10.8 Å². The molecule has 0 fully saturated rings. The fraction of sp³-hybridized carbons (Fsp3) is 0.125. The van der Waals surface area contributed by atoms with E-state index in [1.165, 1.54) is 0 Å². The Morgan fingerprint density at radius 2 is 2.20 bits per heavy atom. The molecule has 0 aliphatic heterocycles. The smallest absolute Gasteiger partial charge is 0.295 e. The highest BCUT2D eigenvalue weighted by atomic mass is 35.5. The molecule has 0 heterocycles. The normalized spacial score (nSPS) is 9.80. The first kappa shape index (κ1) is 11.4. The Hall–Kier alpha value is -1.69. The minimum absolute atomic E-state index is 0.288. The summed E-state index contributed by atoms with van der Waals surface area (Å²) in [5.74, 6) is -1.62. The molecule has 0 aliphatic rings. The first-order valence-corrected chi connectivity index (χ1v) is 4.21. The second-order valence-electron chi connectivity index (χ2n) is 2.69. The predicted octanol–water partition coefficient (Wildman–Crippen LogP) is 2.35. The van der Waals surface area contributed by atoms with Gasteiger partial charge in [0.25, 0.3) is 5.69 Å². The summed E-state index contributed by atoms with van der Waals surface area (Å²) in [4.78, 5) is 20.4. The topological polar surface area (TPSA) is 72.2 Å². The number of halogens is 2. The Labute approximate surface area is 89.0 Å². The van der Waals surface area contributed by atoms with E-state index in [-0.39, 0.29) is 5.02 Å². The van der Waals surface area contributed by atoms with Crippen molar-refractivity contribution in [1.82, 2.24) is 0 Å². The Morgan fingerprint density at radius 3 is 2.67 bits per heavy atom. The van der Waals surface area contributed by atoms with Crippen molar-refractivity contribution in [2.75, 3.05) is 5.32 Å². The van der Waals surface area contributed by atoms with Gasteiger partial charge >= 0.3 is 0 Å². The first-order chi connectivity index (χ1) is 6.93. The molecule has 80 valence electrons. The number of nitrogens with zero attached hydrogens (tertiary/aromatic N) is 1. The number of amides is 1. The number of anilines is 1. The molecule has 1 rings (SSSR count). The van der Waals surface area contributed by atoms with Crippen molar-refractivity contribution >= 4 is 28.9 Å². The molecule has 1 aromatic rings. The van der Waals surface area contributed by atoms with E-state index in [0.717, 1.165) is 19.1 Å². The molecule has 0 aromatic heterocycles. The number of nitrogens with one attached hydrogen (secondary N) is 1. The highest BCUT2D eigenvalue weighted by Gasteiger charge is 2.21. The summed E-state index contributed by atoms with van der Waals surface area (Å²) in [6.07, 6.45) is 0. The molecule has 1 amide bonds. The molecule has 0 radical (unpaired) electrons. The van der Waals surface area contributed by atoms with Gasteiger partial charge in [-0.1, -0.05) is 11.6 Å². The minimum atomic E-state index is -1.01. The fourth-order valence-corrected chi connectivity index (χ4v) is 1.15. The second-order valence-corrected chi connectivity index (χ2v) is 3.10. The molecule has 0 saturated carbocycles. The molecule has 15 heavy (non-hydrogen) atoms. The molecule has 5 nitrogen and oxygen atoms in total. The van der Waals surface area contributed by atoms with Crippen molar-refractivity contribution < 1.29 is 14.1 Å². The van der Waals surface area contributed by atoms with E-state index in [2.05, 4.69) is 0 Å². The van der Waals surface area contributed by atoms with Gasteiger partial charge in [-0.25, -0.2) is 4.39 Å². The second kappa shape index (κ2) is 4.22. The third-order valence-corrected chi connectivity index (χ3v) is 1.86. The minimum Gasteiger partial charge on any atom is -0.318 e. The average molecular weight is 233 g/mol. The monoisotopic (exact) mass is 232 g/mol. The van der Waals surface area contributed by atoms with Crippen molar-refractivity contribution in [3.05, 3.63) is 33.1 Å². The van der Waals surface area contributed by atoms with Crippen LogP contribution in [-0.2, 0) is 4.79 Å². The van der Waals surface area contributed by atoms with E-state index in [0.29, 0.717) is 0 Å². The van der Waals surface area contributed by atoms with Crippen LogP contribution < -0.4 is 5.32 Å². The standard InChI is InChI=1S/C8H6ClFN2O3/c1-4(13)11-8-6(12(14)15)3-2-5(9)7(8)10/h2-3H,1H3,(H,11,13). The summed E-state index contributed by atoms with van der Waals surface area (Å²) < 4.78 is 13.3. The lowest BCUT2D eigenvalue weighted by Crippen LogP contribution is -2.10. The van der Waals surface area contributed by atoms with Crippen LogP contribution in [0.5, 0.6) is 0 Å². The Morgan fingerprint density at radius 1 is 1.60 bits per heavy atom. The number of benzene rings is 1. The molecular weight excluding hydrogens is 227 g/mol. The third-order valence-electron chi connectivity index (χ3n) is 1.57. The van der Waals surface area contributed by atoms with Gasteiger partial charge < -0.3 is 5.32 Å². The number of hydrogen-bond acceptors (Lipinski definition) is 3. The van der Waals surface area contributed by atoms with Crippen LogP contribution >= 0.6 is 11.6 Å². The highest BCUT2D eigenvalue weighted by molar-refractivity contribution is 6.31. The lowest BCUT2D eigenvalue weighted by atomic mass is 10.2. The van der Waals surface area contributed by atoms with Crippen molar-refractivity contribution in [1.29, 1.82) is 0 Å². The van der Waals surface area contributed by atoms with Gasteiger partial charge in [0, 0.05) is 13.0 Å². The molecule has 0 bridgehead atoms. The van der Waals surface area contributed by atoms with E-state index < -0.39 is 28.0 Å². The van der Waals surface area contributed by atoms with Crippen LogP contribution in [0.25, 0.3) is 0 Å². The Kier molecular flexibility index (Phi) is 3.21. The zero-order valence-corrected chi connectivity index (χ0v) is 8.34. The van der Waals surface area contributed by atoms with Crippen molar-refractivity contribution in [2.45, 2.75) is 6.92 Å². The average Bonchev–Trinajstić information content (AvgIpc) is 2.12. The van der Waals surface area contributed by atoms with Crippen molar-refractivity contribution in [3.8, 4) is 0 Å². The van der Waals surface area contributed by atoms with Crippen LogP contribution in [0.2, 0.25) is 5.02 Å². The van der Waals surface area contributed by atoms with Gasteiger partial charge in [0.15, 0.2) is 11.5 Å². The molecule has 0 saturated heterocycles. The molecule has 0 atom stereocenters. The van der Waals surface area contributed by atoms with Gasteiger partial charge in [-0.05, 0) is 6.07 Å². The van der Waals surface area contributed by atoms with E-state index in [9.17, 15) is 19.3 Å².